The number of piperazine rings is 1. The van der Waals surface area contributed by atoms with E-state index in [2.05, 4.69) is 18.0 Å². The maximum Gasteiger partial charge on any atom is 0.316 e. The molecular formula is C28H32ClN5O2. The van der Waals surface area contributed by atoms with Crippen molar-refractivity contribution in [1.82, 2.24) is 14.5 Å². The van der Waals surface area contributed by atoms with Gasteiger partial charge in [-0.3, -0.25) is 9.59 Å². The van der Waals surface area contributed by atoms with Gasteiger partial charge in [0, 0.05) is 25.0 Å². The number of aryl methyl sites for hydroxylation is 1. The summed E-state index contributed by atoms with van der Waals surface area (Å²) in [6.07, 6.45) is 6.34. The van der Waals surface area contributed by atoms with Crippen LogP contribution in [-0.2, 0) is 22.7 Å². The summed E-state index contributed by atoms with van der Waals surface area (Å²) in [6, 6.07) is 15.4. The van der Waals surface area contributed by atoms with Gasteiger partial charge in [-0.1, -0.05) is 44.0 Å². The number of carbonyl (C=O) groups is 2. The molecule has 8 heteroatoms. The first-order valence-corrected chi connectivity index (χ1v) is 12.1. The number of imidazole rings is 1. The van der Waals surface area contributed by atoms with Crippen LogP contribution in [-0.4, -0.2) is 38.9 Å². The van der Waals surface area contributed by atoms with Crippen LogP contribution < -0.4 is 4.90 Å². The van der Waals surface area contributed by atoms with Crippen molar-refractivity contribution < 1.29 is 9.59 Å². The van der Waals surface area contributed by atoms with Crippen molar-refractivity contribution in [3.63, 3.8) is 0 Å². The molecule has 0 aliphatic carbocycles. The molecule has 0 N–H and O–H groups in total. The number of nitriles is 1. The first-order chi connectivity index (χ1) is 16.9. The second-order valence-corrected chi connectivity index (χ2v) is 9.19. The van der Waals surface area contributed by atoms with Crippen molar-refractivity contribution in [2.45, 2.75) is 59.2 Å². The van der Waals surface area contributed by atoms with Gasteiger partial charge in [0.1, 0.15) is 0 Å². The molecule has 1 saturated heterocycles. The maximum atomic E-state index is 13.4. The van der Waals surface area contributed by atoms with Crippen LogP contribution in [0.1, 0.15) is 54.1 Å². The zero-order valence-corrected chi connectivity index (χ0v) is 21.8. The Morgan fingerprint density at radius 3 is 2.50 bits per heavy atom. The van der Waals surface area contributed by atoms with Gasteiger partial charge in [-0.25, -0.2) is 4.98 Å². The molecular weight excluding hydrogens is 474 g/mol. The summed E-state index contributed by atoms with van der Waals surface area (Å²) < 4.78 is 1.99. The van der Waals surface area contributed by atoms with Crippen molar-refractivity contribution in [2.75, 3.05) is 11.4 Å². The topological polar surface area (TPSA) is 82.2 Å². The Labute approximate surface area is 218 Å². The van der Waals surface area contributed by atoms with E-state index in [-0.39, 0.29) is 18.4 Å². The molecule has 0 spiro atoms. The van der Waals surface area contributed by atoms with Gasteiger partial charge in [0.05, 0.1) is 36.2 Å². The quantitative estimate of drug-likeness (QED) is 0.413. The molecule has 3 aromatic rings. The third-order valence-electron chi connectivity index (χ3n) is 6.85. The van der Waals surface area contributed by atoms with Crippen LogP contribution in [0.4, 0.5) is 5.69 Å². The van der Waals surface area contributed by atoms with Gasteiger partial charge >= 0.3 is 11.8 Å². The highest BCUT2D eigenvalue weighted by atomic mass is 35.5. The summed E-state index contributed by atoms with van der Waals surface area (Å²) in [5.41, 5.74) is 5.46. The van der Waals surface area contributed by atoms with E-state index in [1.54, 1.807) is 34.5 Å². The van der Waals surface area contributed by atoms with Gasteiger partial charge in [0.2, 0.25) is 0 Å². The summed E-state index contributed by atoms with van der Waals surface area (Å²) in [5.74, 6) is -0.950. The van der Waals surface area contributed by atoms with Crippen LogP contribution in [0.5, 0.6) is 0 Å². The summed E-state index contributed by atoms with van der Waals surface area (Å²) in [4.78, 5) is 34.4. The number of benzene rings is 2. The van der Waals surface area contributed by atoms with Gasteiger partial charge in [-0.2, -0.15) is 5.26 Å². The van der Waals surface area contributed by atoms with Gasteiger partial charge in [0.15, 0.2) is 0 Å². The highest BCUT2D eigenvalue weighted by molar-refractivity contribution is 6.41. The number of aromatic nitrogens is 2. The van der Waals surface area contributed by atoms with Crippen molar-refractivity contribution in [1.29, 1.82) is 5.26 Å². The van der Waals surface area contributed by atoms with E-state index in [4.69, 9.17) is 5.26 Å². The zero-order chi connectivity index (χ0) is 24.9. The minimum atomic E-state index is -0.482. The SMILES string of the molecule is CCCC[C@H]1CN(c2cccc(C)c2C)C(=O)C(=O)N1Cc1cncn1Cc1ccc(C#N)cc1.Cl. The lowest BCUT2D eigenvalue weighted by molar-refractivity contribution is -0.149. The monoisotopic (exact) mass is 505 g/mol. The van der Waals surface area contributed by atoms with Crippen LogP contribution in [0.15, 0.2) is 55.0 Å². The Bertz CT molecular complexity index is 1260. The van der Waals surface area contributed by atoms with Crippen LogP contribution in [0, 0.1) is 25.2 Å². The largest absolute Gasteiger partial charge is 0.329 e. The smallest absolute Gasteiger partial charge is 0.316 e. The number of hydrogen-bond donors (Lipinski definition) is 0. The lowest BCUT2D eigenvalue weighted by atomic mass is 10.0. The van der Waals surface area contributed by atoms with E-state index in [1.165, 1.54) is 0 Å². The summed E-state index contributed by atoms with van der Waals surface area (Å²) in [6.45, 7) is 7.54. The predicted molar refractivity (Wildman–Crippen MR) is 142 cm³/mol. The Balaban J connectivity index is 0.00000361. The molecule has 0 unspecified atom stereocenters. The van der Waals surface area contributed by atoms with E-state index in [9.17, 15) is 9.59 Å². The number of amides is 2. The third-order valence-corrected chi connectivity index (χ3v) is 6.85. The van der Waals surface area contributed by atoms with Crippen LogP contribution in [0.2, 0.25) is 0 Å². The third kappa shape index (κ3) is 5.60. The Hall–Kier alpha value is -3.63. The number of anilines is 1. The molecule has 188 valence electrons. The molecule has 1 fully saturated rings. The van der Waals surface area contributed by atoms with Gasteiger partial charge in [-0.05, 0) is 55.2 Å². The van der Waals surface area contributed by atoms with Crippen LogP contribution >= 0.6 is 12.4 Å². The van der Waals surface area contributed by atoms with Crippen molar-refractivity contribution in [3.05, 3.63) is 82.9 Å². The average Bonchev–Trinajstić information content (AvgIpc) is 3.30. The second-order valence-electron chi connectivity index (χ2n) is 9.19. The predicted octanol–water partition coefficient (Wildman–Crippen LogP) is 4.78. The van der Waals surface area contributed by atoms with Crippen molar-refractivity contribution in [3.8, 4) is 6.07 Å². The first-order valence-electron chi connectivity index (χ1n) is 12.1. The number of unbranched alkanes of at least 4 members (excludes halogenated alkanes) is 1. The van der Waals surface area contributed by atoms with Gasteiger partial charge in [0.25, 0.3) is 0 Å². The molecule has 0 bridgehead atoms. The number of carbonyl (C=O) groups excluding carboxylic acids is 2. The van der Waals surface area contributed by atoms with Gasteiger partial charge in [-0.15, -0.1) is 12.4 Å². The van der Waals surface area contributed by atoms with E-state index in [0.717, 1.165) is 47.3 Å². The normalized spacial score (nSPS) is 15.6. The van der Waals surface area contributed by atoms with Crippen molar-refractivity contribution in [2.24, 2.45) is 0 Å². The molecule has 0 saturated carbocycles. The van der Waals surface area contributed by atoms with Crippen LogP contribution in [0.25, 0.3) is 0 Å². The number of nitrogens with zero attached hydrogens (tertiary/aromatic N) is 5. The fourth-order valence-electron chi connectivity index (χ4n) is 4.60. The fourth-order valence-corrected chi connectivity index (χ4v) is 4.60. The molecule has 36 heavy (non-hydrogen) atoms. The molecule has 2 amide bonds. The van der Waals surface area contributed by atoms with E-state index >= 15 is 0 Å². The number of rotatable bonds is 8. The highest BCUT2D eigenvalue weighted by Crippen LogP contribution is 2.29. The Morgan fingerprint density at radius 1 is 1.06 bits per heavy atom. The summed E-state index contributed by atoms with van der Waals surface area (Å²) in [7, 11) is 0. The van der Waals surface area contributed by atoms with E-state index < -0.39 is 11.8 Å². The molecule has 7 nitrogen and oxygen atoms in total. The van der Waals surface area contributed by atoms with Crippen molar-refractivity contribution >= 4 is 29.9 Å². The molecule has 2 aromatic carbocycles. The molecule has 0 radical (unpaired) electrons. The zero-order valence-electron chi connectivity index (χ0n) is 21.0. The molecule has 4 rings (SSSR count). The molecule has 1 atom stereocenters. The maximum absolute atomic E-state index is 13.4. The second kappa shape index (κ2) is 11.9. The fraction of sp³-hybridized carbons (Fsp3) is 0.357. The van der Waals surface area contributed by atoms with Gasteiger partial charge < -0.3 is 14.4 Å². The minimum Gasteiger partial charge on any atom is -0.329 e. The molecule has 1 aliphatic heterocycles. The standard InChI is InChI=1S/C28H31N5O2.ClH/c1-4-5-8-24-17-33(26-9-6-7-20(2)21(26)3)28(35)27(34)32(24)18-25-15-30-19-31(25)16-23-12-10-22(14-29)11-13-23;/h6-7,9-13,15,19,24H,4-5,8,16-18H2,1-3H3;1H/t24-;/m0./s1. The minimum absolute atomic E-state index is 0. The van der Waals surface area contributed by atoms with E-state index in [1.807, 2.05) is 48.7 Å². The molecule has 2 heterocycles. The summed E-state index contributed by atoms with van der Waals surface area (Å²) >= 11 is 0. The van der Waals surface area contributed by atoms with E-state index in [0.29, 0.717) is 25.2 Å². The Kier molecular flexibility index (Phi) is 8.89. The first kappa shape index (κ1) is 27.0. The summed E-state index contributed by atoms with van der Waals surface area (Å²) in [5, 5.41) is 9.03. The average molecular weight is 506 g/mol. The molecule has 1 aliphatic rings. The lowest BCUT2D eigenvalue weighted by Crippen LogP contribution is -2.59. The number of halogens is 1. The molecule has 1 aromatic heterocycles. The lowest BCUT2D eigenvalue weighted by Gasteiger charge is -2.41. The highest BCUT2D eigenvalue weighted by Gasteiger charge is 2.40. The van der Waals surface area contributed by atoms with Crippen LogP contribution in [0.3, 0.4) is 0 Å². The Morgan fingerprint density at radius 2 is 1.81 bits per heavy atom. The number of hydrogen-bond acceptors (Lipinski definition) is 4.